The number of H-pyrrole nitrogens is 1. The van der Waals surface area contributed by atoms with Crippen LogP contribution in [0.15, 0.2) is 44.8 Å². The molecular weight excluding hydrogens is 494 g/mol. The normalized spacial score (nSPS) is 27.9. The smallest absolute Gasteiger partial charge is 0.334 e. The van der Waals surface area contributed by atoms with Gasteiger partial charge < -0.3 is 14.6 Å². The monoisotopic (exact) mass is 533 g/mol. The standard InChI is InChI=1S/C21H23N5O4.C9H16/c1-30-17-11-25(21(29)24-19(17)27)18-20(28)26(16-8-3-2-7-15(16)23-18)14-9-12-5-4-6-13(10-14)22-12;1-3-8-5-2-6-9(4-1)7-8/h2-3,7-8,11-14,22H,4-6,9-10H2,1H3,(H,24,27,29);8-9H,1-7H2/t12-,13+,14?;. The topological polar surface area (TPSA) is 111 Å². The highest BCUT2D eigenvalue weighted by atomic mass is 16.5. The fourth-order valence-corrected chi connectivity index (χ4v) is 7.49. The van der Waals surface area contributed by atoms with E-state index in [-0.39, 0.29) is 23.2 Å². The van der Waals surface area contributed by atoms with Gasteiger partial charge in [-0.1, -0.05) is 57.1 Å². The Morgan fingerprint density at radius 3 is 2.15 bits per heavy atom. The predicted octanol–water partition coefficient (Wildman–Crippen LogP) is 4.07. The van der Waals surface area contributed by atoms with Gasteiger partial charge in [0.1, 0.15) is 0 Å². The summed E-state index contributed by atoms with van der Waals surface area (Å²) in [5, 5.41) is 3.65. The zero-order chi connectivity index (χ0) is 26.9. The molecule has 3 atom stereocenters. The molecule has 4 fully saturated rings. The molecule has 0 radical (unpaired) electrons. The maximum Gasteiger partial charge on any atom is 0.334 e. The van der Waals surface area contributed by atoms with Crippen molar-refractivity contribution < 1.29 is 4.74 Å². The molecule has 0 amide bonds. The molecule has 2 aliphatic heterocycles. The summed E-state index contributed by atoms with van der Waals surface area (Å²) in [6, 6.07) is 8.24. The van der Waals surface area contributed by atoms with Crippen molar-refractivity contribution >= 4 is 11.0 Å². The minimum absolute atomic E-state index is 0.0149. The number of hydrogen-bond acceptors (Lipinski definition) is 6. The largest absolute Gasteiger partial charge is 0.490 e. The van der Waals surface area contributed by atoms with Gasteiger partial charge in [-0.3, -0.25) is 14.6 Å². The van der Waals surface area contributed by atoms with Crippen molar-refractivity contribution in [3.63, 3.8) is 0 Å². The van der Waals surface area contributed by atoms with E-state index < -0.39 is 11.2 Å². The highest BCUT2D eigenvalue weighted by Gasteiger charge is 2.34. The Hall–Kier alpha value is -3.20. The number of nitrogens with one attached hydrogen (secondary N) is 2. The Morgan fingerprint density at radius 1 is 0.872 bits per heavy atom. The van der Waals surface area contributed by atoms with Crippen LogP contribution < -0.4 is 26.9 Å². The van der Waals surface area contributed by atoms with E-state index in [4.69, 9.17) is 4.74 Å². The molecular formula is C30H39N5O4. The van der Waals surface area contributed by atoms with E-state index in [0.717, 1.165) is 47.6 Å². The molecule has 2 N–H and O–H groups in total. The first kappa shape index (κ1) is 26.0. The summed E-state index contributed by atoms with van der Waals surface area (Å²) in [5.74, 6) is 2.19. The number of piperidine rings is 2. The second kappa shape index (κ2) is 11.1. The van der Waals surface area contributed by atoms with Gasteiger partial charge in [0.25, 0.3) is 11.1 Å². The number of benzene rings is 1. The van der Waals surface area contributed by atoms with Crippen LogP contribution in [-0.2, 0) is 0 Å². The van der Waals surface area contributed by atoms with Gasteiger partial charge in [-0.05, 0) is 56.1 Å². The van der Waals surface area contributed by atoms with Crippen LogP contribution >= 0.6 is 0 Å². The van der Waals surface area contributed by atoms with Gasteiger partial charge in [-0.2, -0.15) is 0 Å². The Labute approximate surface area is 227 Å². The first-order valence-corrected chi connectivity index (χ1v) is 14.7. The second-order valence-corrected chi connectivity index (χ2v) is 11.9. The fraction of sp³-hybridized carbons (Fsp3) is 0.600. The third-order valence-electron chi connectivity index (χ3n) is 9.31. The number of aromatic amines is 1. The third-order valence-corrected chi connectivity index (χ3v) is 9.31. The van der Waals surface area contributed by atoms with E-state index in [1.165, 1.54) is 32.6 Å². The first-order valence-electron chi connectivity index (χ1n) is 14.7. The van der Waals surface area contributed by atoms with Gasteiger partial charge in [0, 0.05) is 18.1 Å². The maximum atomic E-state index is 13.6. The van der Waals surface area contributed by atoms with Crippen LogP contribution in [-0.4, -0.2) is 38.3 Å². The summed E-state index contributed by atoms with van der Waals surface area (Å²) in [5.41, 5.74) is -0.358. The highest BCUT2D eigenvalue weighted by molar-refractivity contribution is 5.75. The zero-order valence-corrected chi connectivity index (χ0v) is 22.7. The van der Waals surface area contributed by atoms with Crippen molar-refractivity contribution in [2.75, 3.05) is 7.11 Å². The summed E-state index contributed by atoms with van der Waals surface area (Å²) >= 11 is 0. The Morgan fingerprint density at radius 2 is 1.51 bits per heavy atom. The predicted molar refractivity (Wildman–Crippen MR) is 151 cm³/mol. The number of nitrogens with zero attached hydrogens (tertiary/aromatic N) is 3. The van der Waals surface area contributed by atoms with E-state index in [9.17, 15) is 14.4 Å². The van der Waals surface area contributed by atoms with Crippen molar-refractivity contribution in [1.82, 2.24) is 24.4 Å². The quantitative estimate of drug-likeness (QED) is 0.525. The van der Waals surface area contributed by atoms with Gasteiger partial charge in [-0.15, -0.1) is 0 Å². The van der Waals surface area contributed by atoms with Crippen molar-refractivity contribution in [1.29, 1.82) is 0 Å². The lowest BCUT2D eigenvalue weighted by Crippen LogP contribution is -2.50. The fourth-order valence-electron chi connectivity index (χ4n) is 7.49. The van der Waals surface area contributed by atoms with Gasteiger partial charge in [0.2, 0.25) is 11.6 Å². The van der Waals surface area contributed by atoms with E-state index in [0.29, 0.717) is 17.6 Å². The molecule has 39 heavy (non-hydrogen) atoms. The van der Waals surface area contributed by atoms with E-state index in [1.807, 2.05) is 24.3 Å². The minimum Gasteiger partial charge on any atom is -0.490 e. The molecule has 0 spiro atoms. The molecule has 4 heterocycles. The van der Waals surface area contributed by atoms with E-state index in [1.54, 1.807) is 36.7 Å². The lowest BCUT2D eigenvalue weighted by molar-refractivity contribution is 0.188. The van der Waals surface area contributed by atoms with Crippen molar-refractivity contribution in [2.45, 2.75) is 95.2 Å². The molecule has 7 rings (SSSR count). The van der Waals surface area contributed by atoms with Crippen LogP contribution in [0.25, 0.3) is 16.9 Å². The summed E-state index contributed by atoms with van der Waals surface area (Å²) in [7, 11) is 1.33. The molecule has 1 aromatic carbocycles. The number of fused-ring (bicyclic) bond motifs is 5. The maximum absolute atomic E-state index is 13.6. The van der Waals surface area contributed by atoms with E-state index in [2.05, 4.69) is 15.3 Å². The molecule has 2 saturated carbocycles. The molecule has 1 unspecified atom stereocenters. The minimum atomic E-state index is -0.727. The number of methoxy groups -OCH3 is 1. The zero-order valence-electron chi connectivity index (χ0n) is 22.7. The average molecular weight is 534 g/mol. The van der Waals surface area contributed by atoms with Gasteiger partial charge >= 0.3 is 5.69 Å². The summed E-state index contributed by atoms with van der Waals surface area (Å²) < 4.78 is 7.89. The van der Waals surface area contributed by atoms with Gasteiger partial charge in [0.15, 0.2) is 0 Å². The lowest BCUT2D eigenvalue weighted by atomic mass is 9.72. The molecule has 4 bridgehead atoms. The highest BCUT2D eigenvalue weighted by Crippen LogP contribution is 2.39. The summed E-state index contributed by atoms with van der Waals surface area (Å²) in [4.78, 5) is 44.7. The number of rotatable bonds is 3. The molecule has 9 nitrogen and oxygen atoms in total. The SMILES string of the molecule is C1CC2CCCC(C1)C2.COc1cn(-c2nc3ccccc3n(C3C[C@H]4CCC[C@@H](C3)N4)c2=O)c(=O)[nH]c1=O. The van der Waals surface area contributed by atoms with Crippen molar-refractivity contribution in [2.24, 2.45) is 11.8 Å². The molecule has 2 saturated heterocycles. The average Bonchev–Trinajstić information content (AvgIpc) is 2.93. The third kappa shape index (κ3) is 5.33. The second-order valence-electron chi connectivity index (χ2n) is 11.9. The number of para-hydroxylation sites is 2. The van der Waals surface area contributed by atoms with Crippen molar-refractivity contribution in [3.05, 3.63) is 61.7 Å². The van der Waals surface area contributed by atoms with E-state index >= 15 is 0 Å². The van der Waals surface area contributed by atoms with Crippen LogP contribution in [0.3, 0.4) is 0 Å². The molecule has 3 aromatic rings. The van der Waals surface area contributed by atoms with Crippen LogP contribution in [0.4, 0.5) is 0 Å². The number of aromatic nitrogens is 4. The molecule has 9 heteroatoms. The molecule has 4 aliphatic rings. The van der Waals surface area contributed by atoms with Crippen LogP contribution in [0, 0.1) is 11.8 Å². The van der Waals surface area contributed by atoms with Gasteiger partial charge in [0.05, 0.1) is 24.3 Å². The summed E-state index contributed by atoms with van der Waals surface area (Å²) in [6.07, 6.45) is 17.2. The Balaban J connectivity index is 0.000000258. The van der Waals surface area contributed by atoms with Gasteiger partial charge in [-0.25, -0.2) is 14.3 Å². The van der Waals surface area contributed by atoms with Crippen LogP contribution in [0.1, 0.15) is 83.1 Å². The van der Waals surface area contributed by atoms with Crippen LogP contribution in [0.2, 0.25) is 0 Å². The Kier molecular flexibility index (Phi) is 7.42. The molecule has 208 valence electrons. The molecule has 2 aliphatic carbocycles. The lowest BCUT2D eigenvalue weighted by Gasteiger charge is -2.41. The Bertz CT molecular complexity index is 1480. The first-order chi connectivity index (χ1) is 19.0. The number of hydrogen-bond donors (Lipinski definition) is 2. The molecule has 2 aromatic heterocycles. The number of ether oxygens (including phenoxy) is 1. The van der Waals surface area contributed by atoms with Crippen molar-refractivity contribution in [3.8, 4) is 11.6 Å². The summed E-state index contributed by atoms with van der Waals surface area (Å²) in [6.45, 7) is 0. The van der Waals surface area contributed by atoms with Crippen LogP contribution in [0.5, 0.6) is 5.75 Å².